The number of nitrogens with zero attached hydrogens (tertiary/aromatic N) is 3. The SMILES string of the molecule is Cc1c([C@@H](O)CN2CC[C@H](CC(=O)c3ccc(C#N)cn3)[C@H](F)C2)ccc2c1COC2=O. The van der Waals surface area contributed by atoms with Crippen LogP contribution in [0, 0.1) is 24.2 Å². The second kappa shape index (κ2) is 9.15. The van der Waals surface area contributed by atoms with Crippen molar-refractivity contribution in [2.45, 2.75) is 38.6 Å². The van der Waals surface area contributed by atoms with E-state index >= 15 is 0 Å². The number of hydrogen-bond donors (Lipinski definition) is 1. The molecule has 0 radical (unpaired) electrons. The van der Waals surface area contributed by atoms with Gasteiger partial charge in [0.25, 0.3) is 0 Å². The minimum Gasteiger partial charge on any atom is -0.457 e. The van der Waals surface area contributed by atoms with Crippen LogP contribution in [0.4, 0.5) is 4.39 Å². The van der Waals surface area contributed by atoms with Crippen molar-refractivity contribution in [3.8, 4) is 6.07 Å². The summed E-state index contributed by atoms with van der Waals surface area (Å²) in [6.45, 7) is 3.04. The van der Waals surface area contributed by atoms with Gasteiger partial charge in [-0.15, -0.1) is 0 Å². The van der Waals surface area contributed by atoms with Crippen LogP contribution in [-0.4, -0.2) is 52.5 Å². The van der Waals surface area contributed by atoms with E-state index in [9.17, 15) is 19.1 Å². The number of aliphatic hydroxyl groups excluding tert-OH is 1. The first-order valence-corrected chi connectivity index (χ1v) is 10.6. The summed E-state index contributed by atoms with van der Waals surface area (Å²) in [6.07, 6.45) is -0.0992. The maximum atomic E-state index is 14.9. The molecule has 2 aliphatic rings. The number of carbonyl (C=O) groups excluding carboxylic acids is 2. The van der Waals surface area contributed by atoms with Gasteiger partial charge >= 0.3 is 5.97 Å². The molecular weight excluding hydrogens is 413 g/mol. The summed E-state index contributed by atoms with van der Waals surface area (Å²) in [4.78, 5) is 30.0. The van der Waals surface area contributed by atoms with Gasteiger partial charge in [-0.3, -0.25) is 14.7 Å². The van der Waals surface area contributed by atoms with Gasteiger partial charge in [0.15, 0.2) is 5.78 Å². The summed E-state index contributed by atoms with van der Waals surface area (Å²) in [6, 6.07) is 8.38. The molecule has 3 atom stereocenters. The molecule has 1 aromatic heterocycles. The van der Waals surface area contributed by atoms with Crippen molar-refractivity contribution < 1.29 is 23.8 Å². The molecule has 0 amide bonds. The first-order valence-electron chi connectivity index (χ1n) is 10.6. The number of halogens is 1. The fraction of sp³-hybridized carbons (Fsp3) is 0.417. The molecule has 1 N–H and O–H groups in total. The van der Waals surface area contributed by atoms with Crippen molar-refractivity contribution in [1.29, 1.82) is 5.26 Å². The van der Waals surface area contributed by atoms with Crippen molar-refractivity contribution in [2.75, 3.05) is 19.6 Å². The van der Waals surface area contributed by atoms with Crippen LogP contribution in [0.25, 0.3) is 0 Å². The van der Waals surface area contributed by atoms with Gasteiger partial charge in [0.1, 0.15) is 24.5 Å². The van der Waals surface area contributed by atoms with E-state index in [1.165, 1.54) is 18.3 Å². The minimum absolute atomic E-state index is 0.0639. The standard InChI is InChI=1S/C24H24FN3O4/c1-14-17(3-4-18-19(14)13-32-24(18)31)23(30)12-28-7-6-16(20(25)11-28)8-22(29)21-5-2-15(9-26)10-27-21/h2-5,10,16,20,23,30H,6-8,11-13H2,1H3/t16-,20-,23+/m1/s1. The van der Waals surface area contributed by atoms with Crippen molar-refractivity contribution in [1.82, 2.24) is 9.88 Å². The molecule has 0 unspecified atom stereocenters. The first-order chi connectivity index (χ1) is 15.4. The Hall–Kier alpha value is -3.15. The quantitative estimate of drug-likeness (QED) is 0.547. The second-order valence-electron chi connectivity index (χ2n) is 8.39. The van der Waals surface area contributed by atoms with Crippen LogP contribution in [-0.2, 0) is 11.3 Å². The van der Waals surface area contributed by atoms with E-state index in [2.05, 4.69) is 4.98 Å². The zero-order chi connectivity index (χ0) is 22.8. The number of pyridine rings is 1. The van der Waals surface area contributed by atoms with Crippen LogP contribution in [0.5, 0.6) is 0 Å². The van der Waals surface area contributed by atoms with Crippen LogP contribution in [0.3, 0.4) is 0 Å². The highest BCUT2D eigenvalue weighted by Gasteiger charge is 2.33. The number of aromatic nitrogens is 1. The van der Waals surface area contributed by atoms with Gasteiger partial charge in [-0.2, -0.15) is 5.26 Å². The molecule has 7 nitrogen and oxygen atoms in total. The number of ketones is 1. The molecule has 8 heteroatoms. The summed E-state index contributed by atoms with van der Waals surface area (Å²) in [5, 5.41) is 19.6. The van der Waals surface area contributed by atoms with E-state index in [1.807, 2.05) is 17.9 Å². The molecule has 1 aromatic carbocycles. The van der Waals surface area contributed by atoms with Gasteiger partial charge < -0.3 is 9.84 Å². The van der Waals surface area contributed by atoms with E-state index in [1.54, 1.807) is 12.1 Å². The van der Waals surface area contributed by atoms with E-state index in [0.717, 1.165) is 11.1 Å². The maximum Gasteiger partial charge on any atom is 0.338 e. The van der Waals surface area contributed by atoms with E-state index in [-0.39, 0.29) is 43.6 Å². The lowest BCUT2D eigenvalue weighted by atomic mass is 9.88. The lowest BCUT2D eigenvalue weighted by Crippen LogP contribution is -2.44. The Morgan fingerprint density at radius 2 is 2.22 bits per heavy atom. The van der Waals surface area contributed by atoms with Gasteiger partial charge in [-0.1, -0.05) is 6.07 Å². The third-order valence-electron chi connectivity index (χ3n) is 6.38. The van der Waals surface area contributed by atoms with Crippen LogP contribution in [0.1, 0.15) is 62.0 Å². The number of Topliss-reactive ketones (excluding diaryl/α,β-unsaturated/α-hetero) is 1. The Kier molecular flexibility index (Phi) is 6.31. The molecule has 0 saturated carbocycles. The number of ether oxygens (including phenoxy) is 1. The number of fused-ring (bicyclic) bond motifs is 1. The number of β-amino-alcohol motifs (C(OH)–C–C–N with tert-alkyl or cyclic N) is 1. The Morgan fingerprint density at radius 1 is 1.41 bits per heavy atom. The number of cyclic esters (lactones) is 1. The van der Waals surface area contributed by atoms with Gasteiger partial charge in [0.2, 0.25) is 0 Å². The highest BCUT2D eigenvalue weighted by molar-refractivity contribution is 5.94. The highest BCUT2D eigenvalue weighted by atomic mass is 19.1. The monoisotopic (exact) mass is 437 g/mol. The van der Waals surface area contributed by atoms with Gasteiger partial charge in [-0.05, 0) is 55.1 Å². The first kappa shape index (κ1) is 22.1. The molecule has 166 valence electrons. The lowest BCUT2D eigenvalue weighted by molar-refractivity contribution is 0.0411. The number of rotatable bonds is 6. The number of esters is 1. The van der Waals surface area contributed by atoms with Crippen LogP contribution < -0.4 is 0 Å². The summed E-state index contributed by atoms with van der Waals surface area (Å²) >= 11 is 0. The zero-order valence-electron chi connectivity index (χ0n) is 17.8. The molecular formula is C24H24FN3O4. The van der Waals surface area contributed by atoms with Crippen molar-refractivity contribution >= 4 is 11.8 Å². The topological polar surface area (TPSA) is 104 Å². The smallest absolute Gasteiger partial charge is 0.338 e. The summed E-state index contributed by atoms with van der Waals surface area (Å²) in [5.74, 6) is -0.989. The number of benzene rings is 1. The van der Waals surface area contributed by atoms with Crippen molar-refractivity contribution in [3.63, 3.8) is 0 Å². The largest absolute Gasteiger partial charge is 0.457 e. The molecule has 1 fully saturated rings. The third kappa shape index (κ3) is 4.40. The Bertz CT molecular complexity index is 1080. The van der Waals surface area contributed by atoms with Crippen molar-refractivity contribution in [2.24, 2.45) is 5.92 Å². The van der Waals surface area contributed by atoms with Crippen LogP contribution in [0.15, 0.2) is 30.5 Å². The van der Waals surface area contributed by atoms with E-state index in [0.29, 0.717) is 29.7 Å². The number of nitriles is 1. The van der Waals surface area contributed by atoms with E-state index in [4.69, 9.17) is 10.00 Å². The normalized spacial score (nSPS) is 21.5. The zero-order valence-corrected chi connectivity index (χ0v) is 17.8. The Balaban J connectivity index is 1.34. The van der Waals surface area contributed by atoms with Gasteiger partial charge in [0, 0.05) is 31.3 Å². The maximum absolute atomic E-state index is 14.9. The number of aliphatic hydroxyl groups is 1. The molecule has 3 heterocycles. The molecule has 0 bridgehead atoms. The molecule has 0 spiro atoms. The number of hydrogen-bond acceptors (Lipinski definition) is 7. The summed E-state index contributed by atoms with van der Waals surface area (Å²) in [7, 11) is 0. The van der Waals surface area contributed by atoms with Gasteiger partial charge in [0.05, 0.1) is 17.2 Å². The predicted molar refractivity (Wildman–Crippen MR) is 113 cm³/mol. The predicted octanol–water partition coefficient (Wildman–Crippen LogP) is 2.90. The number of alkyl halides is 1. The van der Waals surface area contributed by atoms with Crippen LogP contribution >= 0.6 is 0 Å². The minimum atomic E-state index is -1.19. The average molecular weight is 437 g/mol. The third-order valence-corrected chi connectivity index (χ3v) is 6.38. The molecule has 32 heavy (non-hydrogen) atoms. The van der Waals surface area contributed by atoms with Gasteiger partial charge in [-0.25, -0.2) is 9.18 Å². The fourth-order valence-corrected chi connectivity index (χ4v) is 4.45. The fourth-order valence-electron chi connectivity index (χ4n) is 4.45. The molecule has 4 rings (SSSR count). The number of carbonyl (C=O) groups is 2. The molecule has 0 aliphatic carbocycles. The van der Waals surface area contributed by atoms with Crippen molar-refractivity contribution in [3.05, 3.63) is 64.0 Å². The average Bonchev–Trinajstić information content (AvgIpc) is 3.17. The number of piperidine rings is 1. The molecule has 2 aliphatic heterocycles. The Morgan fingerprint density at radius 3 is 2.91 bits per heavy atom. The lowest BCUT2D eigenvalue weighted by Gasteiger charge is -2.35. The Labute approximate surface area is 185 Å². The number of likely N-dealkylation sites (tertiary alicyclic amines) is 1. The molecule has 2 aromatic rings. The van der Waals surface area contributed by atoms with E-state index < -0.39 is 18.2 Å². The summed E-state index contributed by atoms with van der Waals surface area (Å²) < 4.78 is 19.9. The highest BCUT2D eigenvalue weighted by Crippen LogP contribution is 2.31. The summed E-state index contributed by atoms with van der Waals surface area (Å²) in [5.41, 5.74) is 3.47. The van der Waals surface area contributed by atoms with Crippen LogP contribution in [0.2, 0.25) is 0 Å². The molecule has 1 saturated heterocycles. The second-order valence-corrected chi connectivity index (χ2v) is 8.39.